The first-order valence-corrected chi connectivity index (χ1v) is 32.5. The van der Waals surface area contributed by atoms with Gasteiger partial charge in [-0.05, 0) is 128 Å². The lowest BCUT2D eigenvalue weighted by molar-refractivity contribution is -0.387. The van der Waals surface area contributed by atoms with Crippen molar-refractivity contribution in [3.05, 3.63) is 185 Å². The lowest BCUT2D eigenvalue weighted by Gasteiger charge is -2.24. The number of ether oxygens (including phenoxy) is 3. The number of hydrogen-bond acceptors (Lipinski definition) is 26. The maximum absolute atomic E-state index is 13.8. The molecule has 9 aromatic rings. The van der Waals surface area contributed by atoms with Gasteiger partial charge in [-0.15, -0.1) is 0 Å². The van der Waals surface area contributed by atoms with Crippen LogP contribution in [0.4, 0.5) is 102 Å². The Balaban J connectivity index is 0.000000222. The Kier molecular flexibility index (Phi) is 30.6. The monoisotopic (exact) mass is 1540 g/mol. The Morgan fingerprint density at radius 2 is 0.827 bits per heavy atom. The second kappa shape index (κ2) is 38.8. The van der Waals surface area contributed by atoms with Gasteiger partial charge in [-0.25, -0.2) is 15.0 Å². The minimum absolute atomic E-state index is 0.0389. The summed E-state index contributed by atoms with van der Waals surface area (Å²) in [6.45, 7) is 5.34. The number of nitrogens with one attached hydrogen (secondary N) is 7. The van der Waals surface area contributed by atoms with Gasteiger partial charge in [0.1, 0.15) is 40.4 Å². The fourth-order valence-corrected chi connectivity index (χ4v) is 9.85. The molecular weight excluding hydrogens is 1460 g/mol. The highest BCUT2D eigenvalue weighted by Crippen LogP contribution is 2.40. The summed E-state index contributed by atoms with van der Waals surface area (Å²) in [7, 11) is 22.4. The molecule has 0 unspecified atom stereocenters. The molecule has 0 fully saturated rings. The molecule has 0 saturated carbocycles. The van der Waals surface area contributed by atoms with Gasteiger partial charge in [0.05, 0.1) is 59.6 Å². The number of aromatic nitrogens is 6. The topological polar surface area (TPSA) is 318 Å². The van der Waals surface area contributed by atoms with Crippen LogP contribution in [0.5, 0.6) is 17.2 Å². The summed E-state index contributed by atoms with van der Waals surface area (Å²) in [5.41, 5.74) is 11.5. The summed E-state index contributed by atoms with van der Waals surface area (Å²) in [6.07, 6.45) is 4.80. The van der Waals surface area contributed by atoms with Crippen molar-refractivity contribution >= 4 is 146 Å². The van der Waals surface area contributed by atoms with Gasteiger partial charge < -0.3 is 81.7 Å². The van der Waals surface area contributed by atoms with E-state index < -0.39 is 21.4 Å². The van der Waals surface area contributed by atoms with Crippen LogP contribution in [0.2, 0.25) is 0 Å². The summed E-state index contributed by atoms with van der Waals surface area (Å²) < 4.78 is 32.8. The third-order valence-corrected chi connectivity index (χ3v) is 15.2. The zero-order valence-electron chi connectivity index (χ0n) is 56.4. The molecule has 9 N–H and O–H groups in total. The summed E-state index contributed by atoms with van der Waals surface area (Å²) in [4.78, 5) is 57.7. The van der Waals surface area contributed by atoms with Crippen LogP contribution >= 0.6 is 47.8 Å². The van der Waals surface area contributed by atoms with Crippen molar-refractivity contribution in [3.63, 3.8) is 0 Å². The Hall–Kier alpha value is -9.83. The van der Waals surface area contributed by atoms with E-state index in [9.17, 15) is 24.6 Å². The van der Waals surface area contributed by atoms with Crippen molar-refractivity contribution in [2.24, 2.45) is 0 Å². The number of likely N-dealkylation sites (N-methyl/N-ethyl adjacent to an activating group) is 6. The number of nitrogen functional groups attached to an aromatic ring is 1. The molecule has 0 atom stereocenters. The first kappa shape index (κ1) is 77.2. The van der Waals surface area contributed by atoms with E-state index in [1.807, 2.05) is 144 Å². The molecule has 32 heteroatoms. The molecule has 0 amide bonds. The molecular formula is C66H81Br3FN21O7. The second-order valence-electron chi connectivity index (χ2n) is 22.1. The van der Waals surface area contributed by atoms with Crippen LogP contribution in [0, 0.1) is 26.0 Å². The van der Waals surface area contributed by atoms with E-state index in [2.05, 4.69) is 144 Å². The third kappa shape index (κ3) is 25.0. The van der Waals surface area contributed by atoms with Crippen LogP contribution in [0.15, 0.2) is 159 Å². The molecule has 0 aliphatic carbocycles. The number of methoxy groups -OCH3 is 3. The SMILES string of the molecule is CNCCN(C)C.COc1cc(F)c([N+](=O)[O-])cc1Nc1nccc(Nc2cccc(Br)c2)n1.COc1cc(N(C)CCN(C)C)c(N)cc1Nc1nccc(Nc2cccc(Br)c2)n1.COc1cc(N(C)CCN(C)C)c([N+](=O)[O-])cc1Nc1nccc(Nc2cccc(Br)c2)n1. The van der Waals surface area contributed by atoms with Crippen LogP contribution in [0.25, 0.3) is 0 Å². The van der Waals surface area contributed by atoms with Crippen LogP contribution in [-0.2, 0) is 0 Å². The summed E-state index contributed by atoms with van der Waals surface area (Å²) in [5.74, 6) is 2.82. The average molecular weight is 1540 g/mol. The van der Waals surface area contributed by atoms with E-state index in [0.29, 0.717) is 64.2 Å². The number of nitrogens with zero attached hydrogens (tertiary/aromatic N) is 13. The van der Waals surface area contributed by atoms with Gasteiger partial charge >= 0.3 is 5.69 Å². The Morgan fingerprint density at radius 3 is 1.17 bits per heavy atom. The quantitative estimate of drug-likeness (QED) is 0.0128. The van der Waals surface area contributed by atoms with Gasteiger partial charge in [0.2, 0.25) is 23.7 Å². The van der Waals surface area contributed by atoms with Crippen molar-refractivity contribution in [1.29, 1.82) is 0 Å². The Labute approximate surface area is 594 Å². The van der Waals surface area contributed by atoms with Crippen LogP contribution in [0.3, 0.4) is 0 Å². The van der Waals surface area contributed by atoms with Gasteiger partial charge in [-0.1, -0.05) is 66.0 Å². The Morgan fingerprint density at radius 1 is 0.469 bits per heavy atom. The van der Waals surface area contributed by atoms with Gasteiger partial charge in [0.15, 0.2) is 0 Å². The predicted octanol–water partition coefficient (Wildman–Crippen LogP) is 13.5. The molecule has 3 heterocycles. The first-order chi connectivity index (χ1) is 46.8. The highest BCUT2D eigenvalue weighted by Gasteiger charge is 2.24. The highest BCUT2D eigenvalue weighted by atomic mass is 79.9. The minimum atomic E-state index is -0.992. The maximum atomic E-state index is 13.8. The molecule has 0 aliphatic heterocycles. The van der Waals surface area contributed by atoms with Crippen molar-refractivity contribution in [1.82, 2.24) is 49.9 Å². The van der Waals surface area contributed by atoms with Crippen molar-refractivity contribution in [2.45, 2.75) is 0 Å². The molecule has 3 aromatic heterocycles. The van der Waals surface area contributed by atoms with Crippen LogP contribution in [0.1, 0.15) is 0 Å². The maximum Gasteiger partial charge on any atom is 0.307 e. The lowest BCUT2D eigenvalue weighted by atomic mass is 10.2. The molecule has 0 saturated heterocycles. The fraction of sp³-hybridized carbons (Fsp3) is 0.273. The standard InChI is InChI=1S/C22H26BrN7O3.C22H28BrN7O.C17H13BrFN5O3.C5H14N2/c1-28(2)10-11-29(3)18-14-20(33-4)17(13-19(18)30(31)32)26-22-24-9-8-21(27-22)25-16-7-5-6-15(23)12-16;1-29(2)10-11-30(3)19-14-20(31-4)18(13-17(19)24)27-22-25-9-8-21(28-22)26-16-7-5-6-15(23)12-16;1-27-15-8-12(19)14(24(25)26)9-13(15)22-17-20-6-5-16(23-17)21-11-4-2-3-10(18)7-11;1-6-4-5-7(2)3/h5-9,12-14H,10-11H2,1-4H3,(H2,24,25,26,27);5-9,12-14H,10-11,24H2,1-4H3,(H2,25,26,27,28);2-9H,1H3,(H2,20,21,22,23);6H,4-5H2,1-3H3. The molecule has 0 spiro atoms. The van der Waals surface area contributed by atoms with Crippen molar-refractivity contribution in [3.8, 4) is 17.2 Å². The molecule has 0 radical (unpaired) electrons. The molecule has 98 heavy (non-hydrogen) atoms. The van der Waals surface area contributed by atoms with E-state index in [1.54, 1.807) is 43.8 Å². The van der Waals surface area contributed by atoms with E-state index >= 15 is 0 Å². The molecule has 0 aliphatic rings. The van der Waals surface area contributed by atoms with Crippen molar-refractivity contribution < 1.29 is 28.4 Å². The molecule has 520 valence electrons. The van der Waals surface area contributed by atoms with E-state index in [0.717, 1.165) is 81.0 Å². The summed E-state index contributed by atoms with van der Waals surface area (Å²) >= 11 is 10.3. The van der Waals surface area contributed by atoms with Gasteiger partial charge in [-0.3, -0.25) is 20.2 Å². The number of halogens is 4. The lowest BCUT2D eigenvalue weighted by Crippen LogP contribution is -2.29. The number of rotatable bonds is 28. The normalized spacial score (nSPS) is 10.6. The van der Waals surface area contributed by atoms with Gasteiger partial charge in [-0.2, -0.15) is 19.3 Å². The zero-order chi connectivity index (χ0) is 71.4. The summed E-state index contributed by atoms with van der Waals surface area (Å²) in [6, 6.07) is 37.1. The van der Waals surface area contributed by atoms with E-state index in [1.165, 1.54) is 26.5 Å². The molecule has 0 bridgehead atoms. The highest BCUT2D eigenvalue weighted by molar-refractivity contribution is 9.11. The Bertz CT molecular complexity index is 4070. The number of hydrogen-bond donors (Lipinski definition) is 8. The largest absolute Gasteiger partial charge is 0.494 e. The third-order valence-electron chi connectivity index (χ3n) is 13.7. The van der Waals surface area contributed by atoms with E-state index in [-0.39, 0.29) is 29.0 Å². The number of nitrogens with two attached hydrogens (primary N) is 1. The number of anilines is 15. The van der Waals surface area contributed by atoms with Gasteiger partial charge in [0.25, 0.3) is 5.69 Å². The van der Waals surface area contributed by atoms with Crippen LogP contribution in [-0.4, -0.2) is 178 Å². The molecule has 9 rings (SSSR count). The molecule has 6 aromatic carbocycles. The zero-order valence-corrected chi connectivity index (χ0v) is 61.1. The average Bonchev–Trinajstić information content (AvgIpc) is 0.817. The van der Waals surface area contributed by atoms with Gasteiger partial charge in [0, 0.05) is 133 Å². The number of benzene rings is 6. The molecule has 28 nitrogen and oxygen atoms in total. The van der Waals surface area contributed by atoms with E-state index in [4.69, 9.17) is 19.9 Å². The predicted molar refractivity (Wildman–Crippen MR) is 401 cm³/mol. The van der Waals surface area contributed by atoms with Crippen LogP contribution < -0.4 is 67.0 Å². The fourth-order valence-electron chi connectivity index (χ4n) is 8.65. The second-order valence-corrected chi connectivity index (χ2v) is 24.9. The number of nitro benzene ring substituents is 2. The van der Waals surface area contributed by atoms with Crippen molar-refractivity contribution in [2.75, 3.05) is 171 Å². The minimum Gasteiger partial charge on any atom is -0.494 e. The smallest absolute Gasteiger partial charge is 0.307 e. The first-order valence-electron chi connectivity index (χ1n) is 30.1. The number of nitro groups is 2. The summed E-state index contributed by atoms with van der Waals surface area (Å²) in [5, 5.41) is 44.5.